The predicted molar refractivity (Wildman–Crippen MR) is 121 cm³/mol. The Morgan fingerprint density at radius 1 is 0.939 bits per heavy atom. The largest absolute Gasteiger partial charge is 0.493 e. The molecule has 0 spiro atoms. The lowest BCUT2D eigenvalue weighted by molar-refractivity contribution is -0.0511. The first-order valence-corrected chi connectivity index (χ1v) is 11.2. The number of benzene rings is 3. The molecule has 33 heavy (non-hydrogen) atoms. The number of rotatable bonds is 8. The number of hydrogen-bond donors (Lipinski definition) is 2. The lowest BCUT2D eigenvalue weighted by Crippen LogP contribution is -2.17. The molecule has 0 saturated heterocycles. The van der Waals surface area contributed by atoms with Gasteiger partial charge >= 0.3 is 6.61 Å². The van der Waals surface area contributed by atoms with Crippen LogP contribution in [0.5, 0.6) is 11.5 Å². The van der Waals surface area contributed by atoms with E-state index in [2.05, 4.69) is 14.8 Å². The highest BCUT2D eigenvalue weighted by Gasteiger charge is 2.19. The van der Waals surface area contributed by atoms with Gasteiger partial charge in [0, 0.05) is 23.0 Å². The summed E-state index contributed by atoms with van der Waals surface area (Å²) in [6.45, 7) is 0.414. The van der Waals surface area contributed by atoms with Crippen molar-refractivity contribution < 1.29 is 31.5 Å². The summed E-state index contributed by atoms with van der Waals surface area (Å²) >= 11 is 0. The van der Waals surface area contributed by atoms with Crippen molar-refractivity contribution in [1.82, 2.24) is 0 Å². The van der Waals surface area contributed by atoms with Crippen LogP contribution in [-0.4, -0.2) is 28.0 Å². The average Bonchev–Trinajstić information content (AvgIpc) is 2.73. The van der Waals surface area contributed by atoms with Crippen molar-refractivity contribution in [3.05, 3.63) is 77.4 Å². The molecule has 0 aliphatic heterocycles. The van der Waals surface area contributed by atoms with Gasteiger partial charge in [-0.2, -0.15) is 8.78 Å². The zero-order chi connectivity index (χ0) is 24.2. The Bertz CT molecular complexity index is 1280. The van der Waals surface area contributed by atoms with Crippen molar-refractivity contribution in [2.24, 2.45) is 0 Å². The van der Waals surface area contributed by atoms with E-state index >= 15 is 0 Å². The molecule has 7 nitrogen and oxygen atoms in total. The zero-order valence-corrected chi connectivity index (χ0v) is 18.9. The number of amides is 1. The van der Waals surface area contributed by atoms with Crippen LogP contribution in [-0.2, 0) is 10.0 Å². The topological polar surface area (TPSA) is 93.7 Å². The van der Waals surface area contributed by atoms with E-state index in [1.54, 1.807) is 25.1 Å². The number of halogens is 2. The van der Waals surface area contributed by atoms with Gasteiger partial charge in [-0.1, -0.05) is 18.2 Å². The zero-order valence-electron chi connectivity index (χ0n) is 18.1. The summed E-state index contributed by atoms with van der Waals surface area (Å²) < 4.78 is 62.9. The summed E-state index contributed by atoms with van der Waals surface area (Å²) in [4.78, 5) is 12.8. The van der Waals surface area contributed by atoms with Crippen molar-refractivity contribution in [1.29, 1.82) is 0 Å². The van der Waals surface area contributed by atoms with Gasteiger partial charge in [-0.3, -0.25) is 9.52 Å². The maximum absolute atomic E-state index is 12.9. The van der Waals surface area contributed by atoms with E-state index in [-0.39, 0.29) is 27.6 Å². The van der Waals surface area contributed by atoms with Gasteiger partial charge in [-0.15, -0.1) is 0 Å². The minimum atomic E-state index is -3.95. The van der Waals surface area contributed by atoms with E-state index in [0.29, 0.717) is 11.3 Å². The molecule has 3 aromatic carbocycles. The van der Waals surface area contributed by atoms with Crippen molar-refractivity contribution in [3.63, 3.8) is 0 Å². The standard InChI is InChI=1S/C23H22F2N2O5S/c1-14-5-4-6-17(11-14)27-33(29,30)18-9-7-15(2)19(13-18)22(28)26-16-8-10-20(31-3)21(12-16)32-23(24)25/h4-13,23,27H,1-3H3,(H,26,28). The molecular weight excluding hydrogens is 454 g/mol. The van der Waals surface area contributed by atoms with E-state index < -0.39 is 22.5 Å². The van der Waals surface area contributed by atoms with Crippen LogP contribution in [0.2, 0.25) is 0 Å². The number of nitrogens with one attached hydrogen (secondary N) is 2. The number of methoxy groups -OCH3 is 1. The lowest BCUT2D eigenvalue weighted by Gasteiger charge is -2.14. The first-order valence-electron chi connectivity index (χ1n) is 9.73. The average molecular weight is 477 g/mol. The quantitative estimate of drug-likeness (QED) is 0.479. The highest BCUT2D eigenvalue weighted by Crippen LogP contribution is 2.32. The second-order valence-electron chi connectivity index (χ2n) is 7.15. The number of carbonyl (C=O) groups is 1. The van der Waals surface area contributed by atoms with Gasteiger partial charge in [0.15, 0.2) is 11.5 Å². The van der Waals surface area contributed by atoms with Gasteiger partial charge in [0.2, 0.25) is 0 Å². The molecule has 0 aliphatic carbocycles. The van der Waals surface area contributed by atoms with Gasteiger partial charge in [-0.05, 0) is 61.4 Å². The van der Waals surface area contributed by atoms with Crippen LogP contribution in [0.25, 0.3) is 0 Å². The summed E-state index contributed by atoms with van der Waals surface area (Å²) in [5, 5.41) is 2.57. The summed E-state index contributed by atoms with van der Waals surface area (Å²) in [7, 11) is -2.66. The molecule has 174 valence electrons. The second-order valence-corrected chi connectivity index (χ2v) is 8.83. The monoisotopic (exact) mass is 476 g/mol. The minimum absolute atomic E-state index is 0.0693. The summed E-state index contributed by atoms with van der Waals surface area (Å²) in [5.41, 5.74) is 2.08. The van der Waals surface area contributed by atoms with Crippen molar-refractivity contribution in [2.75, 3.05) is 17.1 Å². The molecule has 2 N–H and O–H groups in total. The van der Waals surface area contributed by atoms with Crippen LogP contribution in [0.3, 0.4) is 0 Å². The van der Waals surface area contributed by atoms with Crippen LogP contribution in [0.1, 0.15) is 21.5 Å². The number of alkyl halides is 2. The highest BCUT2D eigenvalue weighted by molar-refractivity contribution is 7.92. The Morgan fingerprint density at radius 2 is 1.70 bits per heavy atom. The van der Waals surface area contributed by atoms with E-state index in [0.717, 1.165) is 5.56 Å². The minimum Gasteiger partial charge on any atom is -0.493 e. The Kier molecular flexibility index (Phi) is 7.17. The Labute approximate surface area is 190 Å². The highest BCUT2D eigenvalue weighted by atomic mass is 32.2. The summed E-state index contributed by atoms with van der Waals surface area (Å²) in [6, 6.07) is 15.0. The van der Waals surface area contributed by atoms with Crippen LogP contribution in [0.4, 0.5) is 20.2 Å². The van der Waals surface area contributed by atoms with Gasteiger partial charge in [0.1, 0.15) is 0 Å². The maximum Gasteiger partial charge on any atom is 0.387 e. The molecule has 0 heterocycles. The number of ether oxygens (including phenoxy) is 2. The molecule has 3 rings (SSSR count). The molecule has 0 fully saturated rings. The Hall–Kier alpha value is -3.66. The number of carbonyl (C=O) groups excluding carboxylic acids is 1. The molecule has 0 radical (unpaired) electrons. The number of sulfonamides is 1. The van der Waals surface area contributed by atoms with Gasteiger partial charge in [0.05, 0.1) is 12.0 Å². The van der Waals surface area contributed by atoms with E-state index in [1.165, 1.54) is 43.5 Å². The van der Waals surface area contributed by atoms with Gasteiger partial charge in [0.25, 0.3) is 15.9 Å². The first kappa shape index (κ1) is 24.0. The fourth-order valence-corrected chi connectivity index (χ4v) is 4.15. The molecule has 0 bridgehead atoms. The van der Waals surface area contributed by atoms with Gasteiger partial charge in [-0.25, -0.2) is 8.42 Å². The van der Waals surface area contributed by atoms with Crippen LogP contribution in [0.15, 0.2) is 65.6 Å². The van der Waals surface area contributed by atoms with Crippen LogP contribution < -0.4 is 19.5 Å². The summed E-state index contributed by atoms with van der Waals surface area (Å²) in [6.07, 6.45) is 0. The van der Waals surface area contributed by atoms with E-state index in [9.17, 15) is 22.0 Å². The second kappa shape index (κ2) is 9.86. The molecule has 0 aliphatic rings. The van der Waals surface area contributed by atoms with Crippen LogP contribution in [0, 0.1) is 13.8 Å². The first-order chi connectivity index (χ1) is 15.6. The van der Waals surface area contributed by atoms with Gasteiger partial charge < -0.3 is 14.8 Å². The predicted octanol–water partition coefficient (Wildman–Crippen LogP) is 4.97. The fourth-order valence-electron chi connectivity index (χ4n) is 3.08. The molecule has 0 unspecified atom stereocenters. The van der Waals surface area contributed by atoms with Crippen molar-refractivity contribution >= 4 is 27.3 Å². The lowest BCUT2D eigenvalue weighted by atomic mass is 10.1. The molecule has 0 saturated carbocycles. The number of aryl methyl sites for hydroxylation is 2. The van der Waals surface area contributed by atoms with Crippen LogP contribution >= 0.6 is 0 Å². The normalized spacial score (nSPS) is 11.2. The molecule has 0 atom stereocenters. The van der Waals surface area contributed by atoms with E-state index in [4.69, 9.17) is 4.74 Å². The number of anilines is 2. The van der Waals surface area contributed by atoms with Crippen molar-refractivity contribution in [2.45, 2.75) is 25.4 Å². The molecule has 0 aromatic heterocycles. The van der Waals surface area contributed by atoms with E-state index in [1.807, 2.05) is 13.0 Å². The molecular formula is C23H22F2N2O5S. The fraction of sp³-hybridized carbons (Fsp3) is 0.174. The third-order valence-electron chi connectivity index (χ3n) is 4.67. The molecule has 1 amide bonds. The molecule has 10 heteroatoms. The summed E-state index contributed by atoms with van der Waals surface area (Å²) in [5.74, 6) is -0.797. The smallest absolute Gasteiger partial charge is 0.387 e. The Balaban J connectivity index is 1.86. The third kappa shape index (κ3) is 5.98. The molecule has 3 aromatic rings. The number of hydrogen-bond acceptors (Lipinski definition) is 5. The maximum atomic E-state index is 12.9. The SMILES string of the molecule is COc1ccc(NC(=O)c2cc(S(=O)(=O)Nc3cccc(C)c3)ccc2C)cc1OC(F)F. The third-order valence-corrected chi connectivity index (χ3v) is 6.05. The van der Waals surface area contributed by atoms with Crippen molar-refractivity contribution in [3.8, 4) is 11.5 Å². The Morgan fingerprint density at radius 3 is 2.36 bits per heavy atom.